The Bertz CT molecular complexity index is 1030. The Kier molecular flexibility index (Phi) is 6.58. The predicted molar refractivity (Wildman–Crippen MR) is 129 cm³/mol. The normalized spacial score (nSPS) is 14.8. The first kappa shape index (κ1) is 22.1. The van der Waals surface area contributed by atoms with E-state index in [1.807, 2.05) is 47.1 Å². The Morgan fingerprint density at radius 3 is 2.28 bits per heavy atom. The minimum Gasteiger partial charge on any atom is -0.308 e. The van der Waals surface area contributed by atoms with Crippen LogP contribution in [0, 0.1) is 0 Å². The van der Waals surface area contributed by atoms with Gasteiger partial charge in [-0.05, 0) is 54.7 Å². The maximum Gasteiger partial charge on any atom is 0.324 e. The van der Waals surface area contributed by atoms with Gasteiger partial charge in [-0.15, -0.1) is 0 Å². The van der Waals surface area contributed by atoms with Gasteiger partial charge in [-0.1, -0.05) is 52.2 Å². The van der Waals surface area contributed by atoms with Gasteiger partial charge in [-0.2, -0.15) is 5.10 Å². The first-order valence-electron chi connectivity index (χ1n) is 11.5. The average molecular weight is 432 g/mol. The Balaban J connectivity index is 1.43. The monoisotopic (exact) mass is 431 g/mol. The maximum atomic E-state index is 12.8. The molecule has 6 nitrogen and oxygen atoms in total. The summed E-state index contributed by atoms with van der Waals surface area (Å²) in [4.78, 5) is 16.8. The summed E-state index contributed by atoms with van der Waals surface area (Å²) in [5.41, 5.74) is 4.09. The van der Waals surface area contributed by atoms with Gasteiger partial charge in [0.25, 0.3) is 0 Å². The number of carbonyl (C=O) groups excluding carboxylic acids is 1. The lowest BCUT2D eigenvalue weighted by Crippen LogP contribution is -2.24. The summed E-state index contributed by atoms with van der Waals surface area (Å²) in [5, 5.41) is 10.9. The molecule has 0 radical (unpaired) electrons. The average Bonchev–Trinajstić information content (AvgIpc) is 3.21. The number of anilines is 2. The quantitative estimate of drug-likeness (QED) is 0.497. The number of benzene rings is 1. The van der Waals surface area contributed by atoms with Crippen LogP contribution in [0.15, 0.2) is 54.9 Å². The van der Waals surface area contributed by atoms with E-state index in [1.54, 1.807) is 12.4 Å². The molecule has 168 valence electrons. The fraction of sp³-hybridized carbons (Fsp3) is 0.423. The van der Waals surface area contributed by atoms with Crippen molar-refractivity contribution in [2.45, 2.75) is 70.8 Å². The van der Waals surface area contributed by atoms with Gasteiger partial charge < -0.3 is 5.32 Å². The van der Waals surface area contributed by atoms with Crippen molar-refractivity contribution in [3.63, 3.8) is 0 Å². The molecule has 0 spiro atoms. The fourth-order valence-corrected chi connectivity index (χ4v) is 4.18. The molecule has 0 bridgehead atoms. The van der Waals surface area contributed by atoms with Gasteiger partial charge >= 0.3 is 6.03 Å². The Morgan fingerprint density at radius 1 is 0.969 bits per heavy atom. The Morgan fingerprint density at radius 2 is 1.62 bits per heavy atom. The summed E-state index contributed by atoms with van der Waals surface area (Å²) in [6, 6.07) is 14.1. The molecular formula is C26H33N5O. The van der Waals surface area contributed by atoms with Crippen molar-refractivity contribution in [3.05, 3.63) is 71.7 Å². The van der Waals surface area contributed by atoms with E-state index in [0.717, 1.165) is 36.5 Å². The van der Waals surface area contributed by atoms with Crippen LogP contribution in [-0.2, 0) is 11.8 Å². The Labute approximate surface area is 190 Å². The van der Waals surface area contributed by atoms with Crippen molar-refractivity contribution in [1.82, 2.24) is 14.8 Å². The van der Waals surface area contributed by atoms with E-state index in [-0.39, 0.29) is 11.4 Å². The second-order valence-corrected chi connectivity index (χ2v) is 9.71. The standard InChI is InChI=1S/C26H33N5O/c1-26(2,3)23-18-24(31(30-23)22-7-5-4-6-8-22)29-25(32)28-21-11-9-19(10-12-21)17-20-13-15-27-16-14-20/h9-16,18,22H,4-8,17H2,1-3H3,(H2,28,29,32). The highest BCUT2D eigenvalue weighted by Gasteiger charge is 2.25. The zero-order chi connectivity index (χ0) is 22.6. The van der Waals surface area contributed by atoms with Crippen LogP contribution in [0.2, 0.25) is 0 Å². The van der Waals surface area contributed by atoms with Crippen LogP contribution < -0.4 is 10.6 Å². The Hall–Kier alpha value is -3.15. The van der Waals surface area contributed by atoms with Crippen molar-refractivity contribution in [1.29, 1.82) is 0 Å². The molecule has 1 fully saturated rings. The van der Waals surface area contributed by atoms with E-state index in [2.05, 4.69) is 36.4 Å². The highest BCUT2D eigenvalue weighted by Crippen LogP contribution is 2.33. The first-order chi connectivity index (χ1) is 15.4. The smallest absolute Gasteiger partial charge is 0.308 e. The largest absolute Gasteiger partial charge is 0.324 e. The molecule has 3 aromatic rings. The lowest BCUT2D eigenvalue weighted by molar-refractivity contribution is 0.261. The van der Waals surface area contributed by atoms with Gasteiger partial charge in [0.05, 0.1) is 11.7 Å². The van der Waals surface area contributed by atoms with Crippen LogP contribution in [0.25, 0.3) is 0 Å². The minimum atomic E-state index is -0.246. The summed E-state index contributed by atoms with van der Waals surface area (Å²) >= 11 is 0. The number of urea groups is 1. The van der Waals surface area contributed by atoms with E-state index >= 15 is 0 Å². The van der Waals surface area contributed by atoms with Crippen LogP contribution in [0.1, 0.15) is 75.7 Å². The molecule has 32 heavy (non-hydrogen) atoms. The SMILES string of the molecule is CC(C)(C)c1cc(NC(=O)Nc2ccc(Cc3ccncc3)cc2)n(C2CCCCC2)n1. The number of hydrogen-bond donors (Lipinski definition) is 2. The third-order valence-electron chi connectivity index (χ3n) is 6.04. The van der Waals surface area contributed by atoms with Crippen LogP contribution in [-0.4, -0.2) is 20.8 Å². The van der Waals surface area contributed by atoms with Crippen LogP contribution in [0.5, 0.6) is 0 Å². The summed E-state index contributed by atoms with van der Waals surface area (Å²) in [7, 11) is 0. The fourth-order valence-electron chi connectivity index (χ4n) is 4.18. The molecule has 2 heterocycles. The maximum absolute atomic E-state index is 12.8. The highest BCUT2D eigenvalue weighted by atomic mass is 16.2. The molecule has 2 N–H and O–H groups in total. The number of nitrogens with one attached hydrogen (secondary N) is 2. The topological polar surface area (TPSA) is 71.8 Å². The molecule has 1 aromatic carbocycles. The molecule has 0 saturated heterocycles. The molecule has 1 aliphatic rings. The van der Waals surface area contributed by atoms with Gasteiger partial charge in [0.1, 0.15) is 5.82 Å². The molecule has 0 aliphatic heterocycles. The third kappa shape index (κ3) is 5.55. The molecule has 0 atom stereocenters. The second-order valence-electron chi connectivity index (χ2n) is 9.71. The highest BCUT2D eigenvalue weighted by molar-refractivity contribution is 5.99. The van der Waals surface area contributed by atoms with Crippen molar-refractivity contribution >= 4 is 17.5 Å². The van der Waals surface area contributed by atoms with Crippen molar-refractivity contribution < 1.29 is 4.79 Å². The number of aromatic nitrogens is 3. The van der Waals surface area contributed by atoms with Gasteiger partial charge in [0, 0.05) is 29.6 Å². The number of carbonyl (C=O) groups is 1. The summed E-state index contributed by atoms with van der Waals surface area (Å²) < 4.78 is 2.04. The summed E-state index contributed by atoms with van der Waals surface area (Å²) in [5.74, 6) is 0.772. The van der Waals surface area contributed by atoms with E-state index in [0.29, 0.717) is 6.04 Å². The molecule has 4 rings (SSSR count). The molecule has 6 heteroatoms. The van der Waals surface area contributed by atoms with Crippen LogP contribution in [0.3, 0.4) is 0 Å². The molecule has 1 aliphatic carbocycles. The van der Waals surface area contributed by atoms with E-state index < -0.39 is 0 Å². The van der Waals surface area contributed by atoms with E-state index in [1.165, 1.54) is 30.4 Å². The van der Waals surface area contributed by atoms with Crippen molar-refractivity contribution in [3.8, 4) is 0 Å². The predicted octanol–water partition coefficient (Wildman–Crippen LogP) is 6.32. The molecule has 0 unspecified atom stereocenters. The van der Waals surface area contributed by atoms with E-state index in [9.17, 15) is 4.79 Å². The second kappa shape index (κ2) is 9.55. The van der Waals surface area contributed by atoms with Gasteiger partial charge in [0.15, 0.2) is 0 Å². The minimum absolute atomic E-state index is 0.0720. The zero-order valence-corrected chi connectivity index (χ0v) is 19.3. The van der Waals surface area contributed by atoms with Gasteiger partial charge in [0.2, 0.25) is 0 Å². The first-order valence-corrected chi connectivity index (χ1v) is 11.5. The number of pyridine rings is 1. The molecule has 2 aromatic heterocycles. The van der Waals surface area contributed by atoms with Crippen LogP contribution >= 0.6 is 0 Å². The summed E-state index contributed by atoms with van der Waals surface area (Å²) in [6.45, 7) is 6.45. The number of rotatable bonds is 5. The summed E-state index contributed by atoms with van der Waals surface area (Å²) in [6.07, 6.45) is 10.4. The lowest BCUT2D eigenvalue weighted by atomic mass is 9.92. The third-order valence-corrected chi connectivity index (χ3v) is 6.04. The van der Waals surface area contributed by atoms with Gasteiger partial charge in [-0.3, -0.25) is 10.3 Å². The lowest BCUT2D eigenvalue weighted by Gasteiger charge is -2.24. The number of nitrogens with zero attached hydrogens (tertiary/aromatic N) is 3. The number of amides is 2. The molecular weight excluding hydrogens is 398 g/mol. The van der Waals surface area contributed by atoms with Crippen LogP contribution in [0.4, 0.5) is 16.3 Å². The van der Waals surface area contributed by atoms with Crippen molar-refractivity contribution in [2.75, 3.05) is 10.6 Å². The molecule has 2 amide bonds. The van der Waals surface area contributed by atoms with Gasteiger partial charge in [-0.25, -0.2) is 9.48 Å². The molecule has 1 saturated carbocycles. The van der Waals surface area contributed by atoms with Crippen molar-refractivity contribution in [2.24, 2.45) is 0 Å². The van der Waals surface area contributed by atoms with E-state index in [4.69, 9.17) is 5.10 Å². The number of hydrogen-bond acceptors (Lipinski definition) is 3. The zero-order valence-electron chi connectivity index (χ0n) is 19.3.